The summed E-state index contributed by atoms with van der Waals surface area (Å²) in [4.78, 5) is 25.6. The van der Waals surface area contributed by atoms with Gasteiger partial charge in [0.05, 0.1) is 6.10 Å². The zero-order valence-electron chi connectivity index (χ0n) is 17.2. The van der Waals surface area contributed by atoms with Crippen molar-refractivity contribution in [3.05, 3.63) is 83.2 Å². The van der Waals surface area contributed by atoms with Gasteiger partial charge in [-0.25, -0.2) is 9.59 Å². The van der Waals surface area contributed by atoms with Gasteiger partial charge in [0, 0.05) is 24.2 Å². The number of aromatic amines is 1. The summed E-state index contributed by atoms with van der Waals surface area (Å²) in [5.74, 6) is -1.20. The number of hydrogen-bond acceptors (Lipinski definition) is 5. The van der Waals surface area contributed by atoms with Crippen molar-refractivity contribution in [2.45, 2.75) is 24.5 Å². The Kier molecular flexibility index (Phi) is 6.25. The third-order valence-electron chi connectivity index (χ3n) is 5.69. The molecule has 0 bridgehead atoms. The van der Waals surface area contributed by atoms with E-state index in [1.54, 1.807) is 0 Å². The molecule has 0 spiro atoms. The molecule has 1 heterocycles. The first kappa shape index (κ1) is 21.6. The summed E-state index contributed by atoms with van der Waals surface area (Å²) in [6.07, 6.45) is -1.66. The first-order chi connectivity index (χ1) is 15.5. The topological polar surface area (TPSA) is 132 Å². The van der Waals surface area contributed by atoms with Gasteiger partial charge in [0.2, 0.25) is 0 Å². The number of fused-ring (bicyclic) bond motifs is 3. The fraction of sp³-hybridized carbons (Fsp3) is 0.250. The lowest BCUT2D eigenvalue weighted by molar-refractivity contribution is 0.0137. The van der Waals surface area contributed by atoms with E-state index in [1.807, 2.05) is 36.4 Å². The minimum absolute atomic E-state index is 0.0439. The molecule has 3 aromatic rings. The molecule has 0 saturated carbocycles. The molecule has 0 fully saturated rings. The normalized spacial score (nSPS) is 14.3. The van der Waals surface area contributed by atoms with E-state index >= 15 is 0 Å². The minimum atomic E-state index is -1.27. The average Bonchev–Trinajstić information content (AvgIpc) is 3.41. The number of hydrogen-bond donors (Lipinski definition) is 5. The van der Waals surface area contributed by atoms with Gasteiger partial charge < -0.3 is 30.4 Å². The van der Waals surface area contributed by atoms with Crippen LogP contribution in [0.3, 0.4) is 0 Å². The van der Waals surface area contributed by atoms with E-state index in [-0.39, 0.29) is 36.7 Å². The molecule has 1 aliphatic rings. The molecule has 0 radical (unpaired) electrons. The highest BCUT2D eigenvalue weighted by Gasteiger charge is 2.29. The van der Waals surface area contributed by atoms with Crippen LogP contribution in [0.2, 0.25) is 0 Å². The number of benzene rings is 2. The van der Waals surface area contributed by atoms with Gasteiger partial charge in [0.25, 0.3) is 0 Å². The van der Waals surface area contributed by atoms with Crippen LogP contribution in [0, 0.1) is 0 Å². The predicted octanol–water partition coefficient (Wildman–Crippen LogP) is 3.04. The van der Waals surface area contributed by atoms with E-state index in [1.165, 1.54) is 12.3 Å². The van der Waals surface area contributed by atoms with Crippen molar-refractivity contribution in [1.29, 1.82) is 0 Å². The summed E-state index contributed by atoms with van der Waals surface area (Å²) in [5.41, 5.74) is 4.70. The van der Waals surface area contributed by atoms with Gasteiger partial charge >= 0.3 is 12.1 Å². The van der Waals surface area contributed by atoms with Gasteiger partial charge in [-0.1, -0.05) is 48.5 Å². The molecule has 1 aromatic heterocycles. The Morgan fingerprint density at radius 3 is 2.25 bits per heavy atom. The zero-order chi connectivity index (χ0) is 22.7. The average molecular weight is 436 g/mol. The summed E-state index contributed by atoms with van der Waals surface area (Å²) in [5, 5.41) is 31.8. The Hall–Kier alpha value is -3.62. The number of nitrogens with one attached hydrogen (secondary N) is 2. The molecule has 2 aromatic carbocycles. The largest absolute Gasteiger partial charge is 0.477 e. The third-order valence-corrected chi connectivity index (χ3v) is 5.69. The minimum Gasteiger partial charge on any atom is -0.477 e. The number of carboxylic acids is 1. The van der Waals surface area contributed by atoms with E-state index < -0.39 is 24.3 Å². The summed E-state index contributed by atoms with van der Waals surface area (Å²) in [6.45, 7) is 0.275. The monoisotopic (exact) mass is 436 g/mol. The van der Waals surface area contributed by atoms with Gasteiger partial charge in [-0.2, -0.15) is 0 Å². The molecule has 1 amide bonds. The highest BCUT2D eigenvalue weighted by molar-refractivity contribution is 5.85. The quantitative estimate of drug-likeness (QED) is 0.369. The lowest BCUT2D eigenvalue weighted by Gasteiger charge is -2.18. The smallest absolute Gasteiger partial charge is 0.407 e. The second-order valence-corrected chi connectivity index (χ2v) is 7.71. The Morgan fingerprint density at radius 2 is 1.66 bits per heavy atom. The van der Waals surface area contributed by atoms with Gasteiger partial charge in [-0.3, -0.25) is 0 Å². The Balaban J connectivity index is 1.27. The second kappa shape index (κ2) is 9.25. The Labute approximate surface area is 184 Å². The molecule has 0 aliphatic heterocycles. The van der Waals surface area contributed by atoms with Crippen molar-refractivity contribution in [2.75, 3.05) is 13.2 Å². The molecule has 8 heteroatoms. The lowest BCUT2D eigenvalue weighted by atomic mass is 9.98. The number of carbonyl (C=O) groups is 2. The lowest BCUT2D eigenvalue weighted by Crippen LogP contribution is -2.30. The van der Waals surface area contributed by atoms with Gasteiger partial charge in [0.15, 0.2) is 0 Å². The zero-order valence-corrected chi connectivity index (χ0v) is 17.2. The van der Waals surface area contributed by atoms with Crippen LogP contribution in [0.4, 0.5) is 4.79 Å². The van der Waals surface area contributed by atoms with E-state index in [2.05, 4.69) is 22.4 Å². The summed E-state index contributed by atoms with van der Waals surface area (Å²) in [7, 11) is 0. The van der Waals surface area contributed by atoms with Crippen molar-refractivity contribution in [3.63, 3.8) is 0 Å². The van der Waals surface area contributed by atoms with Gasteiger partial charge in [0.1, 0.15) is 18.4 Å². The number of amides is 1. The van der Waals surface area contributed by atoms with Crippen LogP contribution in [-0.2, 0) is 4.74 Å². The molecule has 4 rings (SSSR count). The standard InChI is InChI=1S/C24H24N2O6/c27-21(22(28)14-11-20(23(29)30)26-12-14)9-10-25-24(31)32-13-19-17-7-3-1-5-15(17)16-6-2-4-8-18(16)19/h1-8,11-12,19,21-22,26-28H,9-10,13H2,(H,25,31)(H,29,30). The van der Waals surface area contributed by atoms with Crippen LogP contribution >= 0.6 is 0 Å². The number of rotatable bonds is 8. The molecule has 5 N–H and O–H groups in total. The van der Waals surface area contributed by atoms with Crippen LogP contribution in [0.15, 0.2) is 60.8 Å². The second-order valence-electron chi connectivity index (χ2n) is 7.71. The predicted molar refractivity (Wildman–Crippen MR) is 116 cm³/mol. The summed E-state index contributed by atoms with van der Waals surface area (Å²) in [6, 6.07) is 17.4. The molecule has 0 saturated heterocycles. The molecule has 32 heavy (non-hydrogen) atoms. The molecule has 2 atom stereocenters. The molecular formula is C24H24N2O6. The van der Waals surface area contributed by atoms with Crippen molar-refractivity contribution in [2.24, 2.45) is 0 Å². The maximum absolute atomic E-state index is 12.2. The molecule has 1 aliphatic carbocycles. The number of aromatic nitrogens is 1. The molecule has 166 valence electrons. The maximum atomic E-state index is 12.2. The van der Waals surface area contributed by atoms with Crippen LogP contribution in [0.25, 0.3) is 11.1 Å². The van der Waals surface area contributed by atoms with Gasteiger partial charge in [-0.05, 0) is 34.7 Å². The number of ether oxygens (including phenoxy) is 1. The number of alkyl carbamates (subject to hydrolysis) is 1. The van der Waals surface area contributed by atoms with E-state index in [0.717, 1.165) is 22.3 Å². The molecule has 2 unspecified atom stereocenters. The fourth-order valence-electron chi connectivity index (χ4n) is 4.06. The number of aliphatic hydroxyl groups is 2. The van der Waals surface area contributed by atoms with Crippen LogP contribution in [0.5, 0.6) is 0 Å². The highest BCUT2D eigenvalue weighted by Crippen LogP contribution is 2.44. The van der Waals surface area contributed by atoms with Crippen LogP contribution < -0.4 is 5.32 Å². The fourth-order valence-corrected chi connectivity index (χ4v) is 4.06. The first-order valence-corrected chi connectivity index (χ1v) is 10.3. The van der Waals surface area contributed by atoms with Crippen molar-refractivity contribution in [3.8, 4) is 11.1 Å². The third kappa shape index (κ3) is 4.37. The number of carboxylic acid groups (broad SMARTS) is 1. The molecular weight excluding hydrogens is 412 g/mol. The van der Waals surface area contributed by atoms with Crippen molar-refractivity contribution < 1.29 is 29.6 Å². The van der Waals surface area contributed by atoms with Gasteiger partial charge in [-0.15, -0.1) is 0 Å². The maximum Gasteiger partial charge on any atom is 0.407 e. The highest BCUT2D eigenvalue weighted by atomic mass is 16.5. The molecule has 8 nitrogen and oxygen atoms in total. The van der Waals surface area contributed by atoms with Crippen molar-refractivity contribution >= 4 is 12.1 Å². The Morgan fingerprint density at radius 1 is 1.03 bits per heavy atom. The van der Waals surface area contributed by atoms with E-state index in [0.29, 0.717) is 0 Å². The number of aliphatic hydroxyl groups excluding tert-OH is 2. The number of aromatic carboxylic acids is 1. The number of carbonyl (C=O) groups excluding carboxylic acids is 1. The van der Waals surface area contributed by atoms with Crippen LogP contribution in [-0.4, -0.2) is 51.6 Å². The first-order valence-electron chi connectivity index (χ1n) is 10.3. The SMILES string of the molecule is O=C(NCCC(O)C(O)c1c[nH]c(C(=O)O)c1)OCC1c2ccccc2-c2ccccc21. The summed E-state index contributed by atoms with van der Waals surface area (Å²) < 4.78 is 5.43. The van der Waals surface area contributed by atoms with Crippen LogP contribution in [0.1, 0.15) is 45.6 Å². The van der Waals surface area contributed by atoms with E-state index in [9.17, 15) is 19.8 Å². The number of H-pyrrole nitrogens is 1. The van der Waals surface area contributed by atoms with Crippen molar-refractivity contribution in [1.82, 2.24) is 10.3 Å². The van der Waals surface area contributed by atoms with E-state index in [4.69, 9.17) is 9.84 Å². The summed E-state index contributed by atoms with van der Waals surface area (Å²) >= 11 is 0. The Bertz CT molecular complexity index is 1080.